The van der Waals surface area contributed by atoms with Crippen LogP contribution in [0.5, 0.6) is 0 Å². The fourth-order valence-corrected chi connectivity index (χ4v) is 4.35. The summed E-state index contributed by atoms with van der Waals surface area (Å²) in [5.41, 5.74) is 7.01. The van der Waals surface area contributed by atoms with Gasteiger partial charge in [-0.25, -0.2) is 4.79 Å². The fourth-order valence-electron chi connectivity index (χ4n) is 3.24. The number of hydrogen-bond acceptors (Lipinski definition) is 5. The zero-order valence-electron chi connectivity index (χ0n) is 15.1. The first kappa shape index (κ1) is 19.1. The lowest BCUT2D eigenvalue weighted by molar-refractivity contribution is -0.119. The zero-order valence-corrected chi connectivity index (χ0v) is 15.9. The molecule has 2 amide bonds. The van der Waals surface area contributed by atoms with E-state index in [-0.39, 0.29) is 5.56 Å². The fraction of sp³-hybridized carbons (Fsp3) is 0.350. The molecule has 142 valence electrons. The van der Waals surface area contributed by atoms with E-state index in [4.69, 9.17) is 10.5 Å². The van der Waals surface area contributed by atoms with Gasteiger partial charge in [0.25, 0.3) is 11.8 Å². The number of nitrogens with two attached hydrogens (primary N) is 1. The number of carbonyl (C=O) groups is 3. The Hall–Kier alpha value is -2.67. The highest BCUT2D eigenvalue weighted by Crippen LogP contribution is 2.33. The average Bonchev–Trinajstić information content (AvgIpc) is 3.09. The molecule has 1 heterocycles. The second kappa shape index (κ2) is 8.35. The number of thiophene rings is 1. The Bertz CT molecular complexity index is 875. The molecule has 2 aromatic rings. The molecule has 1 aliphatic rings. The van der Waals surface area contributed by atoms with Crippen molar-refractivity contribution in [3.63, 3.8) is 0 Å². The van der Waals surface area contributed by atoms with E-state index in [0.29, 0.717) is 16.5 Å². The molecule has 3 rings (SSSR count). The maximum absolute atomic E-state index is 12.3. The summed E-state index contributed by atoms with van der Waals surface area (Å²) in [6.07, 6.45) is 4.29. The van der Waals surface area contributed by atoms with Gasteiger partial charge in [0.2, 0.25) is 0 Å². The third kappa shape index (κ3) is 4.54. The van der Waals surface area contributed by atoms with Crippen molar-refractivity contribution in [1.29, 1.82) is 0 Å². The predicted molar refractivity (Wildman–Crippen MR) is 104 cm³/mol. The molecule has 1 aromatic heterocycles. The largest absolute Gasteiger partial charge is 0.451 e. The lowest BCUT2D eigenvalue weighted by atomic mass is 9.87. The van der Waals surface area contributed by atoms with Gasteiger partial charge in [-0.15, -0.1) is 11.3 Å². The van der Waals surface area contributed by atoms with Crippen LogP contribution in [-0.2, 0) is 22.4 Å². The first-order valence-electron chi connectivity index (χ1n) is 8.95. The smallest absolute Gasteiger partial charge is 0.348 e. The van der Waals surface area contributed by atoms with E-state index in [1.54, 1.807) is 18.2 Å². The summed E-state index contributed by atoms with van der Waals surface area (Å²) >= 11 is 1.45. The van der Waals surface area contributed by atoms with Crippen LogP contribution in [0, 0.1) is 5.92 Å². The number of esters is 1. The summed E-state index contributed by atoms with van der Waals surface area (Å²) in [5.74, 6) is -0.991. The number of rotatable bonds is 6. The van der Waals surface area contributed by atoms with Gasteiger partial charge in [0.05, 0.1) is 11.3 Å². The van der Waals surface area contributed by atoms with Gasteiger partial charge in [0.1, 0.15) is 4.88 Å². The van der Waals surface area contributed by atoms with E-state index in [1.807, 2.05) is 6.07 Å². The van der Waals surface area contributed by atoms with E-state index in [1.165, 1.54) is 27.8 Å². The zero-order chi connectivity index (χ0) is 19.4. The van der Waals surface area contributed by atoms with Crippen LogP contribution >= 0.6 is 11.3 Å². The SMILES string of the molecule is CC[C@H]1CCc2sc(C(=O)OCC(=O)Nc3ccccc3C(N)=O)cc2C1. The van der Waals surface area contributed by atoms with Crippen LogP contribution in [0.3, 0.4) is 0 Å². The van der Waals surface area contributed by atoms with Gasteiger partial charge in [0, 0.05) is 4.88 Å². The Balaban J connectivity index is 1.58. The highest BCUT2D eigenvalue weighted by molar-refractivity contribution is 7.14. The van der Waals surface area contributed by atoms with Crippen LogP contribution < -0.4 is 11.1 Å². The molecule has 1 atom stereocenters. The molecule has 0 fully saturated rings. The molecule has 0 spiro atoms. The van der Waals surface area contributed by atoms with Crippen LogP contribution in [-0.4, -0.2) is 24.4 Å². The third-order valence-corrected chi connectivity index (χ3v) is 5.98. The molecular formula is C20H22N2O4S. The lowest BCUT2D eigenvalue weighted by Gasteiger charge is -2.19. The summed E-state index contributed by atoms with van der Waals surface area (Å²) in [6.45, 7) is 1.76. The first-order chi connectivity index (χ1) is 13.0. The number of benzene rings is 1. The van der Waals surface area contributed by atoms with Crippen molar-refractivity contribution in [1.82, 2.24) is 0 Å². The van der Waals surface area contributed by atoms with Crippen LogP contribution in [0.2, 0.25) is 0 Å². The molecule has 0 aliphatic heterocycles. The molecule has 7 heteroatoms. The second-order valence-electron chi connectivity index (χ2n) is 6.61. The van der Waals surface area contributed by atoms with E-state index >= 15 is 0 Å². The molecular weight excluding hydrogens is 364 g/mol. The summed E-state index contributed by atoms with van der Waals surface area (Å²) < 4.78 is 5.14. The van der Waals surface area contributed by atoms with E-state index < -0.39 is 24.4 Å². The first-order valence-corrected chi connectivity index (χ1v) is 9.77. The van der Waals surface area contributed by atoms with Gasteiger partial charge in [-0.1, -0.05) is 25.5 Å². The number of fused-ring (bicyclic) bond motifs is 1. The van der Waals surface area contributed by atoms with Gasteiger partial charge in [-0.3, -0.25) is 9.59 Å². The van der Waals surface area contributed by atoms with Crippen LogP contribution in [0.1, 0.15) is 50.2 Å². The normalized spacial score (nSPS) is 15.7. The molecule has 0 saturated carbocycles. The molecule has 6 nitrogen and oxygen atoms in total. The van der Waals surface area contributed by atoms with Crippen molar-refractivity contribution in [2.45, 2.75) is 32.6 Å². The molecule has 1 aliphatic carbocycles. The van der Waals surface area contributed by atoms with Crippen molar-refractivity contribution < 1.29 is 19.1 Å². The third-order valence-electron chi connectivity index (χ3n) is 4.76. The number of para-hydroxylation sites is 1. The minimum Gasteiger partial charge on any atom is -0.451 e. The van der Waals surface area contributed by atoms with E-state index in [2.05, 4.69) is 12.2 Å². The Morgan fingerprint density at radius 2 is 2.07 bits per heavy atom. The molecule has 3 N–H and O–H groups in total. The average molecular weight is 386 g/mol. The highest BCUT2D eigenvalue weighted by Gasteiger charge is 2.23. The number of primary amides is 1. The number of anilines is 1. The summed E-state index contributed by atoms with van der Waals surface area (Å²) in [5, 5.41) is 2.55. The molecule has 0 unspecified atom stereocenters. The van der Waals surface area contributed by atoms with Crippen molar-refractivity contribution >= 4 is 34.8 Å². The number of hydrogen-bond donors (Lipinski definition) is 2. The van der Waals surface area contributed by atoms with E-state index in [9.17, 15) is 14.4 Å². The molecule has 27 heavy (non-hydrogen) atoms. The Morgan fingerprint density at radius 3 is 2.81 bits per heavy atom. The van der Waals surface area contributed by atoms with Crippen LogP contribution in [0.4, 0.5) is 5.69 Å². The van der Waals surface area contributed by atoms with Crippen LogP contribution in [0.15, 0.2) is 30.3 Å². The summed E-state index contributed by atoms with van der Waals surface area (Å²) in [6, 6.07) is 8.30. The van der Waals surface area contributed by atoms with Crippen LogP contribution in [0.25, 0.3) is 0 Å². The molecule has 1 aromatic carbocycles. The molecule has 0 radical (unpaired) electrons. The van der Waals surface area contributed by atoms with Crippen molar-refractivity contribution in [3.05, 3.63) is 51.2 Å². The van der Waals surface area contributed by atoms with Crippen molar-refractivity contribution in [2.24, 2.45) is 11.7 Å². The number of amides is 2. The summed E-state index contributed by atoms with van der Waals surface area (Å²) in [4.78, 5) is 37.5. The highest BCUT2D eigenvalue weighted by atomic mass is 32.1. The number of carbonyl (C=O) groups excluding carboxylic acids is 3. The van der Waals surface area contributed by atoms with Crippen molar-refractivity contribution in [3.8, 4) is 0 Å². The topological polar surface area (TPSA) is 98.5 Å². The Kier molecular flexibility index (Phi) is 5.91. The van der Waals surface area contributed by atoms with Gasteiger partial charge in [-0.05, 0) is 48.9 Å². The second-order valence-corrected chi connectivity index (χ2v) is 7.75. The maximum Gasteiger partial charge on any atom is 0.348 e. The molecule has 0 bridgehead atoms. The lowest BCUT2D eigenvalue weighted by Crippen LogP contribution is -2.23. The van der Waals surface area contributed by atoms with Gasteiger partial charge in [0.15, 0.2) is 6.61 Å². The number of aryl methyl sites for hydroxylation is 1. The standard InChI is InChI=1S/C20H22N2O4S/c1-2-12-7-8-16-13(9-12)10-17(27-16)20(25)26-11-18(23)22-15-6-4-3-5-14(15)19(21)24/h3-6,10,12H,2,7-9,11H2,1H3,(H2,21,24)(H,22,23)/t12-/m0/s1. The maximum atomic E-state index is 12.3. The Labute approximate surface area is 161 Å². The predicted octanol–water partition coefficient (Wildman–Crippen LogP) is 3.16. The van der Waals surface area contributed by atoms with Gasteiger partial charge < -0.3 is 15.8 Å². The number of nitrogens with one attached hydrogen (secondary N) is 1. The van der Waals surface area contributed by atoms with Gasteiger partial charge in [-0.2, -0.15) is 0 Å². The van der Waals surface area contributed by atoms with Gasteiger partial charge >= 0.3 is 5.97 Å². The van der Waals surface area contributed by atoms with E-state index in [0.717, 1.165) is 25.7 Å². The Morgan fingerprint density at radius 1 is 1.30 bits per heavy atom. The number of ether oxygens (including phenoxy) is 1. The quantitative estimate of drug-likeness (QED) is 0.745. The minimum atomic E-state index is -0.641. The minimum absolute atomic E-state index is 0.202. The van der Waals surface area contributed by atoms with Crippen molar-refractivity contribution in [2.75, 3.05) is 11.9 Å². The summed E-state index contributed by atoms with van der Waals surface area (Å²) in [7, 11) is 0. The monoisotopic (exact) mass is 386 g/mol. The molecule has 0 saturated heterocycles.